The van der Waals surface area contributed by atoms with E-state index in [9.17, 15) is 4.79 Å². The van der Waals surface area contributed by atoms with E-state index in [0.29, 0.717) is 11.3 Å². The first-order valence-electron chi connectivity index (χ1n) is 8.03. The van der Waals surface area contributed by atoms with Crippen molar-refractivity contribution in [1.82, 2.24) is 10.2 Å². The Morgan fingerprint density at radius 1 is 1.23 bits per heavy atom. The molecule has 3 aromatic rings. The van der Waals surface area contributed by atoms with Crippen molar-refractivity contribution in [3.63, 3.8) is 0 Å². The summed E-state index contributed by atoms with van der Waals surface area (Å²) < 4.78 is 6.25. The van der Waals surface area contributed by atoms with Crippen LogP contribution in [-0.2, 0) is 5.75 Å². The van der Waals surface area contributed by atoms with Gasteiger partial charge in [0.15, 0.2) is 10.1 Å². The van der Waals surface area contributed by atoms with Crippen LogP contribution in [0.4, 0.5) is 10.8 Å². The van der Waals surface area contributed by atoms with Gasteiger partial charge >= 0.3 is 0 Å². The summed E-state index contributed by atoms with van der Waals surface area (Å²) >= 11 is 3.07. The quantitative estimate of drug-likeness (QED) is 0.451. The first kappa shape index (κ1) is 18.4. The second kappa shape index (κ2) is 8.33. The van der Waals surface area contributed by atoms with E-state index in [1.165, 1.54) is 16.9 Å². The molecule has 1 heterocycles. The topological polar surface area (TPSA) is 64.1 Å². The molecule has 0 amide bonds. The number of carbonyl (C=O) groups is 1. The smallest absolute Gasteiger partial charge is 0.210 e. The van der Waals surface area contributed by atoms with Gasteiger partial charge in [-0.25, -0.2) is 0 Å². The Kier molecular flexibility index (Phi) is 5.90. The van der Waals surface area contributed by atoms with Crippen molar-refractivity contribution in [2.24, 2.45) is 0 Å². The van der Waals surface area contributed by atoms with E-state index in [1.54, 1.807) is 31.9 Å². The fraction of sp³-hybridized carbons (Fsp3) is 0.211. The van der Waals surface area contributed by atoms with Gasteiger partial charge in [-0.3, -0.25) is 4.79 Å². The zero-order chi connectivity index (χ0) is 18.5. The van der Waals surface area contributed by atoms with Gasteiger partial charge in [-0.05, 0) is 49.7 Å². The van der Waals surface area contributed by atoms with Crippen LogP contribution in [-0.4, -0.2) is 23.1 Å². The minimum atomic E-state index is 0.0412. The van der Waals surface area contributed by atoms with Gasteiger partial charge < -0.3 is 10.1 Å². The van der Waals surface area contributed by atoms with Gasteiger partial charge in [0.2, 0.25) is 5.13 Å². The van der Waals surface area contributed by atoms with Crippen molar-refractivity contribution in [3.8, 4) is 5.75 Å². The molecule has 0 unspecified atom stereocenters. The highest BCUT2D eigenvalue weighted by Crippen LogP contribution is 2.32. The molecule has 0 spiro atoms. The number of aromatic nitrogens is 2. The summed E-state index contributed by atoms with van der Waals surface area (Å²) in [6.45, 7) is 3.61. The highest BCUT2D eigenvalue weighted by molar-refractivity contribution is 8.00. The molecule has 2 aromatic carbocycles. The van der Waals surface area contributed by atoms with Crippen molar-refractivity contribution in [2.75, 3.05) is 12.4 Å². The van der Waals surface area contributed by atoms with Crippen LogP contribution in [0.25, 0.3) is 0 Å². The van der Waals surface area contributed by atoms with Gasteiger partial charge in [-0.2, -0.15) is 0 Å². The number of hydrogen-bond donors (Lipinski definition) is 1. The normalized spacial score (nSPS) is 10.6. The van der Waals surface area contributed by atoms with E-state index < -0.39 is 0 Å². The molecule has 0 bridgehead atoms. The number of methoxy groups -OCH3 is 1. The first-order valence-corrected chi connectivity index (χ1v) is 9.83. The van der Waals surface area contributed by atoms with Crippen molar-refractivity contribution >= 4 is 39.7 Å². The lowest BCUT2D eigenvalue weighted by molar-refractivity contribution is 0.101. The third-order valence-corrected chi connectivity index (χ3v) is 5.73. The third kappa shape index (κ3) is 4.62. The Labute approximate surface area is 160 Å². The number of anilines is 2. The van der Waals surface area contributed by atoms with E-state index in [4.69, 9.17) is 4.74 Å². The van der Waals surface area contributed by atoms with E-state index in [0.717, 1.165) is 26.5 Å². The predicted molar refractivity (Wildman–Crippen MR) is 107 cm³/mol. The van der Waals surface area contributed by atoms with Crippen LogP contribution >= 0.6 is 23.1 Å². The summed E-state index contributed by atoms with van der Waals surface area (Å²) in [4.78, 5) is 11.6. The number of aryl methyl sites for hydroxylation is 1. The van der Waals surface area contributed by atoms with Crippen molar-refractivity contribution in [1.29, 1.82) is 0 Å². The molecular formula is C19H19N3O2S2. The van der Waals surface area contributed by atoms with Crippen LogP contribution < -0.4 is 10.1 Å². The highest BCUT2D eigenvalue weighted by Gasteiger charge is 2.10. The number of ketones is 1. The van der Waals surface area contributed by atoms with E-state index in [-0.39, 0.29) is 5.78 Å². The number of thioether (sulfide) groups is 1. The summed E-state index contributed by atoms with van der Waals surface area (Å²) in [6, 6.07) is 13.6. The van der Waals surface area contributed by atoms with Gasteiger partial charge in [-0.1, -0.05) is 35.2 Å². The maximum Gasteiger partial charge on any atom is 0.210 e. The highest BCUT2D eigenvalue weighted by atomic mass is 32.2. The number of Topliss-reactive ketones (excluding diaryl/α,β-unsaturated/α-hetero) is 1. The van der Waals surface area contributed by atoms with Gasteiger partial charge in [0.05, 0.1) is 7.11 Å². The summed E-state index contributed by atoms with van der Waals surface area (Å²) in [5.74, 6) is 1.47. The number of nitrogens with zero attached hydrogens (tertiary/aromatic N) is 2. The maximum atomic E-state index is 11.6. The zero-order valence-corrected chi connectivity index (χ0v) is 16.4. The van der Waals surface area contributed by atoms with Gasteiger partial charge in [0.1, 0.15) is 5.75 Å². The molecule has 0 radical (unpaired) electrons. The van der Waals surface area contributed by atoms with Crippen LogP contribution in [0.2, 0.25) is 0 Å². The van der Waals surface area contributed by atoms with Crippen LogP contribution in [0.15, 0.2) is 46.8 Å². The Morgan fingerprint density at radius 3 is 2.81 bits per heavy atom. The number of nitrogens with one attached hydrogen (secondary N) is 1. The maximum absolute atomic E-state index is 11.6. The van der Waals surface area contributed by atoms with E-state index in [2.05, 4.69) is 34.6 Å². The lowest BCUT2D eigenvalue weighted by Gasteiger charge is -2.08. The fourth-order valence-corrected chi connectivity index (χ4v) is 4.16. The van der Waals surface area contributed by atoms with E-state index in [1.807, 2.05) is 24.3 Å². The molecule has 0 fully saturated rings. The summed E-state index contributed by atoms with van der Waals surface area (Å²) in [7, 11) is 1.63. The largest absolute Gasteiger partial charge is 0.496 e. The van der Waals surface area contributed by atoms with Crippen LogP contribution in [0.1, 0.15) is 28.4 Å². The van der Waals surface area contributed by atoms with Gasteiger partial charge in [0, 0.05) is 22.6 Å². The molecule has 0 saturated heterocycles. The molecule has 5 nitrogen and oxygen atoms in total. The van der Waals surface area contributed by atoms with Crippen molar-refractivity contribution in [2.45, 2.75) is 23.9 Å². The molecule has 0 atom stereocenters. The second-order valence-electron chi connectivity index (χ2n) is 5.74. The zero-order valence-electron chi connectivity index (χ0n) is 14.8. The lowest BCUT2D eigenvalue weighted by Crippen LogP contribution is -1.96. The molecule has 1 aromatic heterocycles. The number of ether oxygens (including phenoxy) is 1. The molecule has 0 aliphatic rings. The van der Waals surface area contributed by atoms with Crippen LogP contribution in [0.3, 0.4) is 0 Å². The Hall–Kier alpha value is -2.38. The first-order chi connectivity index (χ1) is 12.5. The fourth-order valence-electron chi connectivity index (χ4n) is 2.41. The standard InChI is InChI=1S/C19H19N3O2S2/c1-12-5-4-6-16(9-12)20-18-21-22-19(26-18)25-11-15-10-14(13(2)23)7-8-17(15)24-3/h4-10H,11H2,1-3H3,(H,20,21). The minimum absolute atomic E-state index is 0.0412. The molecule has 1 N–H and O–H groups in total. The Bertz CT molecular complexity index is 925. The molecule has 0 saturated carbocycles. The Morgan fingerprint density at radius 2 is 2.08 bits per heavy atom. The third-order valence-electron chi connectivity index (χ3n) is 3.71. The number of benzene rings is 2. The number of hydrogen-bond acceptors (Lipinski definition) is 7. The average molecular weight is 386 g/mol. The lowest BCUT2D eigenvalue weighted by atomic mass is 10.1. The second-order valence-corrected chi connectivity index (χ2v) is 7.94. The SMILES string of the molecule is COc1ccc(C(C)=O)cc1CSc1nnc(Nc2cccc(C)c2)s1. The molecule has 26 heavy (non-hydrogen) atoms. The minimum Gasteiger partial charge on any atom is -0.496 e. The molecule has 7 heteroatoms. The van der Waals surface area contributed by atoms with Crippen LogP contribution in [0.5, 0.6) is 5.75 Å². The summed E-state index contributed by atoms with van der Waals surface area (Å²) in [6.07, 6.45) is 0. The van der Waals surface area contributed by atoms with Crippen LogP contribution in [0, 0.1) is 6.92 Å². The monoisotopic (exact) mass is 385 g/mol. The molecule has 0 aliphatic heterocycles. The van der Waals surface area contributed by atoms with Gasteiger partial charge in [-0.15, -0.1) is 10.2 Å². The Balaban J connectivity index is 1.68. The molecule has 0 aliphatic carbocycles. The average Bonchev–Trinajstić information content (AvgIpc) is 3.07. The predicted octanol–water partition coefficient (Wildman–Crippen LogP) is 5.09. The van der Waals surface area contributed by atoms with Gasteiger partial charge in [0.25, 0.3) is 0 Å². The van der Waals surface area contributed by atoms with Crippen molar-refractivity contribution in [3.05, 3.63) is 59.2 Å². The summed E-state index contributed by atoms with van der Waals surface area (Å²) in [5.41, 5.74) is 3.83. The molecule has 134 valence electrons. The molecule has 3 rings (SSSR count). The number of carbonyl (C=O) groups excluding carboxylic acids is 1. The van der Waals surface area contributed by atoms with Crippen molar-refractivity contribution < 1.29 is 9.53 Å². The molecular weight excluding hydrogens is 366 g/mol. The van der Waals surface area contributed by atoms with E-state index >= 15 is 0 Å². The number of rotatable bonds is 7. The summed E-state index contributed by atoms with van der Waals surface area (Å²) in [5, 5.41) is 12.4.